The van der Waals surface area contributed by atoms with Gasteiger partial charge in [0.2, 0.25) is 0 Å². The SMILES string of the molecule is CC(C)=C(Br)CC(CS)c1ccccc1. The van der Waals surface area contributed by atoms with E-state index in [2.05, 4.69) is 72.7 Å². The van der Waals surface area contributed by atoms with Gasteiger partial charge in [-0.3, -0.25) is 0 Å². The van der Waals surface area contributed by atoms with Crippen LogP contribution < -0.4 is 0 Å². The molecule has 0 saturated heterocycles. The Hall–Kier alpha value is -0.210. The van der Waals surface area contributed by atoms with E-state index < -0.39 is 0 Å². The highest BCUT2D eigenvalue weighted by Crippen LogP contribution is 2.29. The first-order valence-electron chi connectivity index (χ1n) is 5.12. The first kappa shape index (κ1) is 12.9. The summed E-state index contributed by atoms with van der Waals surface area (Å²) in [5.41, 5.74) is 2.71. The molecular formula is C13H17BrS. The van der Waals surface area contributed by atoms with Gasteiger partial charge in [-0.05, 0) is 42.0 Å². The Morgan fingerprint density at radius 3 is 2.33 bits per heavy atom. The van der Waals surface area contributed by atoms with Crippen molar-refractivity contribution in [1.82, 2.24) is 0 Å². The second-order valence-electron chi connectivity index (χ2n) is 3.90. The number of rotatable bonds is 4. The molecule has 82 valence electrons. The third-order valence-electron chi connectivity index (χ3n) is 2.46. The molecule has 1 aromatic carbocycles. The summed E-state index contributed by atoms with van der Waals surface area (Å²) >= 11 is 8.05. The molecule has 0 radical (unpaired) electrons. The molecule has 15 heavy (non-hydrogen) atoms. The fourth-order valence-electron chi connectivity index (χ4n) is 1.43. The van der Waals surface area contributed by atoms with Crippen molar-refractivity contribution in [3.63, 3.8) is 0 Å². The second-order valence-corrected chi connectivity index (χ2v) is 5.22. The monoisotopic (exact) mass is 284 g/mol. The van der Waals surface area contributed by atoms with Crippen LogP contribution in [0.5, 0.6) is 0 Å². The predicted molar refractivity (Wildman–Crippen MR) is 75.0 cm³/mol. The van der Waals surface area contributed by atoms with E-state index in [1.807, 2.05) is 0 Å². The van der Waals surface area contributed by atoms with E-state index in [1.165, 1.54) is 15.6 Å². The minimum absolute atomic E-state index is 0.499. The van der Waals surface area contributed by atoms with Crippen LogP contribution in [0.2, 0.25) is 0 Å². The second kappa shape index (κ2) is 6.39. The minimum atomic E-state index is 0.499. The van der Waals surface area contributed by atoms with Gasteiger partial charge in [0.05, 0.1) is 0 Å². The quantitative estimate of drug-likeness (QED) is 0.756. The predicted octanol–water partition coefficient (Wildman–Crippen LogP) is 4.78. The van der Waals surface area contributed by atoms with Gasteiger partial charge < -0.3 is 0 Å². The highest BCUT2D eigenvalue weighted by Gasteiger charge is 2.11. The fraction of sp³-hybridized carbons (Fsp3) is 0.385. The number of thiol groups is 1. The summed E-state index contributed by atoms with van der Waals surface area (Å²) in [6.45, 7) is 4.26. The van der Waals surface area contributed by atoms with Crippen molar-refractivity contribution in [2.24, 2.45) is 0 Å². The molecule has 0 aromatic heterocycles. The maximum Gasteiger partial charge on any atom is -0.00255 e. The molecule has 1 aromatic rings. The van der Waals surface area contributed by atoms with E-state index in [0.29, 0.717) is 5.92 Å². The zero-order valence-electron chi connectivity index (χ0n) is 9.20. The Kier molecular flexibility index (Phi) is 5.48. The molecule has 1 rings (SSSR count). The summed E-state index contributed by atoms with van der Waals surface area (Å²) < 4.78 is 1.30. The van der Waals surface area contributed by atoms with Crippen molar-refractivity contribution < 1.29 is 0 Å². The molecule has 0 aliphatic carbocycles. The summed E-state index contributed by atoms with van der Waals surface area (Å²) in [7, 11) is 0. The van der Waals surface area contributed by atoms with Crippen LogP contribution in [0.15, 0.2) is 40.4 Å². The smallest absolute Gasteiger partial charge is 0.00255 e. The normalized spacial score (nSPS) is 12.3. The van der Waals surface area contributed by atoms with E-state index in [1.54, 1.807) is 0 Å². The number of hydrogen-bond acceptors (Lipinski definition) is 1. The van der Waals surface area contributed by atoms with E-state index in [0.717, 1.165) is 12.2 Å². The average Bonchev–Trinajstić information content (AvgIpc) is 2.26. The molecule has 0 bridgehead atoms. The number of benzene rings is 1. The topological polar surface area (TPSA) is 0 Å². The van der Waals surface area contributed by atoms with Crippen molar-refractivity contribution in [2.75, 3.05) is 5.75 Å². The van der Waals surface area contributed by atoms with Crippen LogP contribution in [0.3, 0.4) is 0 Å². The van der Waals surface area contributed by atoms with Gasteiger partial charge in [0, 0.05) is 0 Å². The molecule has 0 spiro atoms. The first-order valence-corrected chi connectivity index (χ1v) is 6.55. The lowest BCUT2D eigenvalue weighted by Gasteiger charge is -2.15. The van der Waals surface area contributed by atoms with Gasteiger partial charge in [0.1, 0.15) is 0 Å². The molecule has 0 saturated carbocycles. The van der Waals surface area contributed by atoms with Crippen LogP contribution >= 0.6 is 28.6 Å². The maximum atomic E-state index is 4.43. The van der Waals surface area contributed by atoms with Gasteiger partial charge in [-0.15, -0.1) is 0 Å². The Labute approximate surface area is 106 Å². The molecule has 0 aliphatic heterocycles. The lowest BCUT2D eigenvalue weighted by Crippen LogP contribution is -2.00. The zero-order chi connectivity index (χ0) is 11.3. The van der Waals surface area contributed by atoms with Crippen LogP contribution in [0.4, 0.5) is 0 Å². The molecule has 0 fully saturated rings. The Morgan fingerprint density at radius 2 is 1.87 bits per heavy atom. The van der Waals surface area contributed by atoms with Gasteiger partial charge in [0.25, 0.3) is 0 Å². The highest BCUT2D eigenvalue weighted by atomic mass is 79.9. The Bertz CT molecular complexity index is 326. The summed E-state index contributed by atoms with van der Waals surface area (Å²) in [4.78, 5) is 0. The van der Waals surface area contributed by atoms with E-state index >= 15 is 0 Å². The minimum Gasteiger partial charge on any atom is -0.179 e. The van der Waals surface area contributed by atoms with Crippen LogP contribution in [0.25, 0.3) is 0 Å². The van der Waals surface area contributed by atoms with Gasteiger partial charge in [0.15, 0.2) is 0 Å². The number of hydrogen-bond donors (Lipinski definition) is 1. The lowest BCUT2D eigenvalue weighted by atomic mass is 9.97. The molecular weight excluding hydrogens is 268 g/mol. The van der Waals surface area contributed by atoms with Crippen molar-refractivity contribution in [3.8, 4) is 0 Å². The molecule has 2 heteroatoms. The summed E-state index contributed by atoms with van der Waals surface area (Å²) in [6, 6.07) is 10.6. The largest absolute Gasteiger partial charge is 0.179 e. The molecule has 0 nitrogen and oxygen atoms in total. The van der Waals surface area contributed by atoms with Gasteiger partial charge >= 0.3 is 0 Å². The van der Waals surface area contributed by atoms with E-state index in [-0.39, 0.29) is 0 Å². The van der Waals surface area contributed by atoms with Gasteiger partial charge in [-0.2, -0.15) is 12.6 Å². The fourth-order valence-corrected chi connectivity index (χ4v) is 2.16. The van der Waals surface area contributed by atoms with Crippen LogP contribution in [0.1, 0.15) is 31.7 Å². The Balaban J connectivity index is 2.78. The molecule has 0 heterocycles. The molecule has 1 unspecified atom stereocenters. The van der Waals surface area contributed by atoms with Gasteiger partial charge in [-0.25, -0.2) is 0 Å². The van der Waals surface area contributed by atoms with E-state index in [4.69, 9.17) is 0 Å². The Morgan fingerprint density at radius 1 is 1.27 bits per heavy atom. The molecule has 0 aliphatic rings. The lowest BCUT2D eigenvalue weighted by molar-refractivity contribution is 0.785. The van der Waals surface area contributed by atoms with Crippen LogP contribution in [-0.4, -0.2) is 5.75 Å². The van der Waals surface area contributed by atoms with Crippen molar-refractivity contribution in [2.45, 2.75) is 26.2 Å². The third kappa shape index (κ3) is 4.04. The summed E-state index contributed by atoms with van der Waals surface area (Å²) in [6.07, 6.45) is 1.04. The van der Waals surface area contributed by atoms with Crippen LogP contribution in [-0.2, 0) is 0 Å². The summed E-state index contributed by atoms with van der Waals surface area (Å²) in [5.74, 6) is 1.38. The third-order valence-corrected chi connectivity index (χ3v) is 4.02. The van der Waals surface area contributed by atoms with Crippen molar-refractivity contribution in [1.29, 1.82) is 0 Å². The van der Waals surface area contributed by atoms with Crippen LogP contribution in [0, 0.1) is 0 Å². The molecule has 0 N–H and O–H groups in total. The van der Waals surface area contributed by atoms with Gasteiger partial charge in [-0.1, -0.05) is 51.8 Å². The highest BCUT2D eigenvalue weighted by molar-refractivity contribution is 9.11. The zero-order valence-corrected chi connectivity index (χ0v) is 11.7. The number of halogens is 1. The van der Waals surface area contributed by atoms with Crippen molar-refractivity contribution in [3.05, 3.63) is 46.0 Å². The average molecular weight is 285 g/mol. The number of allylic oxidation sites excluding steroid dienone is 2. The molecule has 1 atom stereocenters. The maximum absolute atomic E-state index is 4.43. The summed E-state index contributed by atoms with van der Waals surface area (Å²) in [5, 5.41) is 0. The first-order chi connectivity index (χ1) is 7.15. The standard InChI is InChI=1S/C13H17BrS/c1-10(2)13(14)8-12(9-15)11-6-4-3-5-7-11/h3-7,12,15H,8-9H2,1-2H3. The van der Waals surface area contributed by atoms with Crippen molar-refractivity contribution >= 4 is 28.6 Å². The van der Waals surface area contributed by atoms with E-state index in [9.17, 15) is 0 Å². The molecule has 0 amide bonds.